The Morgan fingerprint density at radius 2 is 2.38 bits per heavy atom. The van der Waals surface area contributed by atoms with Crippen molar-refractivity contribution in [1.29, 1.82) is 0 Å². The molecule has 0 radical (unpaired) electrons. The van der Waals surface area contributed by atoms with Gasteiger partial charge in [0.25, 0.3) is 0 Å². The number of ether oxygens (including phenoxy) is 2. The van der Waals surface area contributed by atoms with Crippen LogP contribution in [0.25, 0.3) is 0 Å². The van der Waals surface area contributed by atoms with E-state index in [4.69, 9.17) is 9.47 Å². The molecule has 1 unspecified atom stereocenters. The minimum Gasteiger partial charge on any atom is -0.379 e. The number of guanidine groups is 1. The van der Waals surface area contributed by atoms with Crippen LogP contribution in [0.1, 0.15) is 26.2 Å². The van der Waals surface area contributed by atoms with E-state index < -0.39 is 0 Å². The second kappa shape index (κ2) is 13.4. The monoisotopic (exact) mass is 451 g/mol. The number of hydrogen-bond donors (Lipinski definition) is 2. The van der Waals surface area contributed by atoms with Crippen LogP contribution in [-0.2, 0) is 16.0 Å². The standard InChI is InChI=1S/C16H29N5O2.HI/c1-2-17-16(19-9-11-21-10-4-8-20-21)18-7-5-12-22-14-15-6-3-13-23-15;/h4,8,10,15H,2-3,5-7,9,11-14H2,1H3,(H2,17,18,19);1H. The van der Waals surface area contributed by atoms with Crippen molar-refractivity contribution in [1.82, 2.24) is 20.4 Å². The highest BCUT2D eigenvalue weighted by molar-refractivity contribution is 14.0. The number of nitrogens with one attached hydrogen (secondary N) is 2. The Morgan fingerprint density at radius 1 is 1.46 bits per heavy atom. The molecule has 0 aromatic carbocycles. The lowest BCUT2D eigenvalue weighted by Crippen LogP contribution is -2.39. The van der Waals surface area contributed by atoms with Gasteiger partial charge in [0.1, 0.15) is 0 Å². The second-order valence-corrected chi connectivity index (χ2v) is 5.52. The van der Waals surface area contributed by atoms with Crippen LogP contribution in [0.2, 0.25) is 0 Å². The van der Waals surface area contributed by atoms with Crippen LogP contribution in [-0.4, -0.2) is 61.3 Å². The van der Waals surface area contributed by atoms with Crippen LogP contribution in [0.15, 0.2) is 23.5 Å². The maximum absolute atomic E-state index is 5.64. The summed E-state index contributed by atoms with van der Waals surface area (Å²) < 4.78 is 13.1. The van der Waals surface area contributed by atoms with Crippen LogP contribution < -0.4 is 10.6 Å². The van der Waals surface area contributed by atoms with E-state index in [9.17, 15) is 0 Å². The highest BCUT2D eigenvalue weighted by atomic mass is 127. The number of hydrogen-bond acceptors (Lipinski definition) is 4. The van der Waals surface area contributed by atoms with Gasteiger partial charge in [0.05, 0.1) is 19.3 Å². The molecule has 1 atom stereocenters. The first-order chi connectivity index (χ1) is 11.4. The predicted molar refractivity (Wildman–Crippen MR) is 106 cm³/mol. The molecule has 0 saturated carbocycles. The third kappa shape index (κ3) is 8.84. The lowest BCUT2D eigenvalue weighted by atomic mass is 10.2. The smallest absolute Gasteiger partial charge is 0.191 e. The van der Waals surface area contributed by atoms with Crippen LogP contribution in [0.4, 0.5) is 0 Å². The summed E-state index contributed by atoms with van der Waals surface area (Å²) in [6.45, 7) is 7.61. The Bertz CT molecular complexity index is 436. The zero-order chi connectivity index (χ0) is 16.2. The molecular formula is C16H30IN5O2. The summed E-state index contributed by atoms with van der Waals surface area (Å²) in [5.41, 5.74) is 0. The zero-order valence-corrected chi connectivity index (χ0v) is 16.8. The van der Waals surface area contributed by atoms with Gasteiger partial charge in [-0.05, 0) is 32.3 Å². The Hall–Kier alpha value is -0.870. The fourth-order valence-corrected chi connectivity index (χ4v) is 2.41. The van der Waals surface area contributed by atoms with Gasteiger partial charge >= 0.3 is 0 Å². The summed E-state index contributed by atoms with van der Waals surface area (Å²) in [7, 11) is 0. The quantitative estimate of drug-likeness (QED) is 0.245. The fourth-order valence-electron chi connectivity index (χ4n) is 2.41. The van der Waals surface area contributed by atoms with E-state index in [0.29, 0.717) is 12.7 Å². The molecule has 1 fully saturated rings. The SMILES string of the molecule is CCNC(=NCCCOCC1CCCO1)NCCn1cccn1.I. The van der Waals surface area contributed by atoms with E-state index >= 15 is 0 Å². The molecule has 8 heteroatoms. The highest BCUT2D eigenvalue weighted by Gasteiger charge is 2.14. The van der Waals surface area contributed by atoms with Gasteiger partial charge in [0.15, 0.2) is 5.96 Å². The molecule has 2 rings (SSSR count). The molecular weight excluding hydrogens is 421 g/mol. The van der Waals surface area contributed by atoms with Gasteiger partial charge in [-0.2, -0.15) is 5.10 Å². The average Bonchev–Trinajstić information content (AvgIpc) is 3.24. The first-order valence-corrected chi connectivity index (χ1v) is 8.57. The van der Waals surface area contributed by atoms with Gasteiger partial charge < -0.3 is 20.1 Å². The van der Waals surface area contributed by atoms with Crippen LogP contribution >= 0.6 is 24.0 Å². The molecule has 24 heavy (non-hydrogen) atoms. The topological polar surface area (TPSA) is 72.7 Å². The molecule has 1 saturated heterocycles. The van der Waals surface area contributed by atoms with E-state index in [-0.39, 0.29) is 24.0 Å². The maximum atomic E-state index is 5.64. The van der Waals surface area contributed by atoms with E-state index in [0.717, 1.165) is 64.6 Å². The summed E-state index contributed by atoms with van der Waals surface area (Å²) in [5, 5.41) is 10.7. The Balaban J connectivity index is 0.00000288. The molecule has 138 valence electrons. The first-order valence-electron chi connectivity index (χ1n) is 8.57. The Kier molecular flexibility index (Phi) is 11.8. The summed E-state index contributed by atoms with van der Waals surface area (Å²) in [6.07, 6.45) is 7.26. The van der Waals surface area contributed by atoms with Crippen molar-refractivity contribution >= 4 is 29.9 Å². The van der Waals surface area contributed by atoms with E-state index in [1.54, 1.807) is 6.20 Å². The molecule has 0 bridgehead atoms. The predicted octanol–water partition coefficient (Wildman–Crippen LogP) is 1.64. The van der Waals surface area contributed by atoms with Crippen LogP contribution in [0.3, 0.4) is 0 Å². The Morgan fingerprint density at radius 3 is 3.08 bits per heavy atom. The molecule has 1 aliphatic rings. The van der Waals surface area contributed by atoms with Gasteiger partial charge in [-0.15, -0.1) is 24.0 Å². The minimum atomic E-state index is 0. The molecule has 1 aromatic rings. The molecule has 0 spiro atoms. The fraction of sp³-hybridized carbons (Fsp3) is 0.750. The van der Waals surface area contributed by atoms with E-state index in [1.165, 1.54) is 0 Å². The maximum Gasteiger partial charge on any atom is 0.191 e. The lowest BCUT2D eigenvalue weighted by Gasteiger charge is -2.12. The van der Waals surface area contributed by atoms with Crippen molar-refractivity contribution in [3.05, 3.63) is 18.5 Å². The van der Waals surface area contributed by atoms with Crippen LogP contribution in [0.5, 0.6) is 0 Å². The zero-order valence-electron chi connectivity index (χ0n) is 14.4. The van der Waals surface area contributed by atoms with Crippen molar-refractivity contribution in [3.63, 3.8) is 0 Å². The number of aromatic nitrogens is 2. The van der Waals surface area contributed by atoms with Gasteiger partial charge in [-0.25, -0.2) is 0 Å². The summed E-state index contributed by atoms with van der Waals surface area (Å²) >= 11 is 0. The Labute approximate surface area is 161 Å². The molecule has 1 aromatic heterocycles. The van der Waals surface area contributed by atoms with Crippen molar-refractivity contribution in [3.8, 4) is 0 Å². The molecule has 2 N–H and O–H groups in total. The molecule has 0 aliphatic carbocycles. The number of rotatable bonds is 10. The lowest BCUT2D eigenvalue weighted by molar-refractivity contribution is 0.0171. The van der Waals surface area contributed by atoms with E-state index in [2.05, 4.69) is 27.6 Å². The third-order valence-corrected chi connectivity index (χ3v) is 3.58. The summed E-state index contributed by atoms with van der Waals surface area (Å²) in [6, 6.07) is 1.93. The average molecular weight is 451 g/mol. The number of aliphatic imine (C=N–C) groups is 1. The first kappa shape index (κ1) is 21.2. The number of nitrogens with zero attached hydrogens (tertiary/aromatic N) is 3. The van der Waals surface area contributed by atoms with Gasteiger partial charge in [-0.3, -0.25) is 9.67 Å². The highest BCUT2D eigenvalue weighted by Crippen LogP contribution is 2.11. The molecule has 2 heterocycles. The van der Waals surface area contributed by atoms with Crippen LogP contribution in [0, 0.1) is 0 Å². The third-order valence-electron chi connectivity index (χ3n) is 3.58. The van der Waals surface area contributed by atoms with E-state index in [1.807, 2.05) is 16.9 Å². The molecule has 0 amide bonds. The number of halogens is 1. The van der Waals surface area contributed by atoms with Gasteiger partial charge in [-0.1, -0.05) is 0 Å². The summed E-state index contributed by atoms with van der Waals surface area (Å²) in [4.78, 5) is 4.56. The summed E-state index contributed by atoms with van der Waals surface area (Å²) in [5.74, 6) is 0.846. The molecule has 7 nitrogen and oxygen atoms in total. The van der Waals surface area contributed by atoms with Crippen molar-refractivity contribution < 1.29 is 9.47 Å². The van der Waals surface area contributed by atoms with Gasteiger partial charge in [0, 0.05) is 45.2 Å². The largest absolute Gasteiger partial charge is 0.379 e. The van der Waals surface area contributed by atoms with Gasteiger partial charge in [0.2, 0.25) is 0 Å². The normalized spacial score (nSPS) is 17.5. The van der Waals surface area contributed by atoms with Crippen molar-refractivity contribution in [2.24, 2.45) is 4.99 Å². The second-order valence-electron chi connectivity index (χ2n) is 5.52. The minimum absolute atomic E-state index is 0. The van der Waals surface area contributed by atoms with Crippen molar-refractivity contribution in [2.75, 3.05) is 39.5 Å². The molecule has 1 aliphatic heterocycles. The van der Waals surface area contributed by atoms with Crippen molar-refractivity contribution in [2.45, 2.75) is 38.8 Å².